The molecule has 2 aromatic carbocycles. The first-order valence-electron chi connectivity index (χ1n) is 11.2. The second-order valence-electron chi connectivity index (χ2n) is 8.03. The average molecular weight is 472 g/mol. The summed E-state index contributed by atoms with van der Waals surface area (Å²) in [6.07, 6.45) is -0.923. The van der Waals surface area contributed by atoms with Gasteiger partial charge in [-0.3, -0.25) is 14.8 Å². The summed E-state index contributed by atoms with van der Waals surface area (Å²) in [5.74, 6) is -1.67. The number of benzene rings is 2. The van der Waals surface area contributed by atoms with E-state index in [4.69, 9.17) is 9.47 Å². The van der Waals surface area contributed by atoms with Gasteiger partial charge in [0.15, 0.2) is 0 Å². The van der Waals surface area contributed by atoms with Crippen LogP contribution in [0.3, 0.4) is 0 Å². The van der Waals surface area contributed by atoms with Gasteiger partial charge in [0.1, 0.15) is 18.7 Å². The normalized spacial score (nSPS) is 14.2. The number of carbonyl (C=O) groups excluding carboxylic acids is 3. The monoisotopic (exact) mass is 471 g/mol. The van der Waals surface area contributed by atoms with E-state index in [1.807, 2.05) is 67.6 Å². The van der Waals surface area contributed by atoms with E-state index < -0.39 is 36.1 Å². The van der Waals surface area contributed by atoms with E-state index in [2.05, 4.69) is 10.6 Å². The average Bonchev–Trinajstić information content (AvgIpc) is 2.87. The highest BCUT2D eigenvalue weighted by Crippen LogP contribution is 2.12. The van der Waals surface area contributed by atoms with Crippen molar-refractivity contribution in [2.45, 2.75) is 58.6 Å². The number of nitrogens with one attached hydrogen (secondary N) is 3. The molecule has 0 spiro atoms. The number of alkyl carbamates (subject to hydrolysis) is 1. The second kappa shape index (κ2) is 14.0. The molecular weight excluding hydrogens is 438 g/mol. The summed E-state index contributed by atoms with van der Waals surface area (Å²) >= 11 is 0. The van der Waals surface area contributed by atoms with Crippen LogP contribution in [-0.2, 0) is 32.3 Å². The summed E-state index contributed by atoms with van der Waals surface area (Å²) < 4.78 is 11.0. The number of ether oxygens (including phenoxy) is 2. The molecule has 0 bridgehead atoms. The van der Waals surface area contributed by atoms with Crippen molar-refractivity contribution in [3.8, 4) is 0 Å². The lowest BCUT2D eigenvalue weighted by Crippen LogP contribution is -2.58. The molecule has 9 nitrogen and oxygen atoms in total. The molecule has 0 aliphatic carbocycles. The molecule has 4 unspecified atom stereocenters. The van der Waals surface area contributed by atoms with Gasteiger partial charge >= 0.3 is 6.09 Å². The van der Waals surface area contributed by atoms with Crippen molar-refractivity contribution in [1.29, 1.82) is 0 Å². The van der Waals surface area contributed by atoms with Crippen LogP contribution >= 0.6 is 0 Å². The molecule has 0 aliphatic rings. The van der Waals surface area contributed by atoms with Crippen molar-refractivity contribution in [1.82, 2.24) is 16.1 Å². The Labute approximate surface area is 199 Å². The predicted molar refractivity (Wildman–Crippen MR) is 126 cm³/mol. The molecule has 0 radical (unpaired) electrons. The summed E-state index contributed by atoms with van der Waals surface area (Å²) in [6.45, 7) is 5.57. The van der Waals surface area contributed by atoms with Crippen molar-refractivity contribution < 1.29 is 29.1 Å². The van der Waals surface area contributed by atoms with E-state index in [9.17, 15) is 19.6 Å². The van der Waals surface area contributed by atoms with Crippen LogP contribution < -0.4 is 16.1 Å². The number of rotatable bonds is 12. The molecule has 0 aromatic heterocycles. The maximum atomic E-state index is 13.1. The molecule has 0 fully saturated rings. The van der Waals surface area contributed by atoms with Crippen LogP contribution in [0.15, 0.2) is 60.7 Å². The molecule has 0 saturated heterocycles. The zero-order valence-corrected chi connectivity index (χ0v) is 19.7. The Morgan fingerprint density at radius 2 is 1.38 bits per heavy atom. The van der Waals surface area contributed by atoms with Gasteiger partial charge in [0.25, 0.3) is 5.91 Å². The topological polar surface area (TPSA) is 126 Å². The SMILES string of the molecule is CCC(C)C(NC(=O)OCc1ccccc1)C(=O)NC(C(=O)NO)C(C)OCc1ccccc1. The first-order chi connectivity index (χ1) is 16.3. The molecule has 0 heterocycles. The lowest BCUT2D eigenvalue weighted by atomic mass is 9.98. The van der Waals surface area contributed by atoms with Crippen LogP contribution in [0.5, 0.6) is 0 Å². The van der Waals surface area contributed by atoms with Crippen LogP contribution in [0.4, 0.5) is 4.79 Å². The fourth-order valence-electron chi connectivity index (χ4n) is 3.20. The van der Waals surface area contributed by atoms with E-state index in [0.29, 0.717) is 6.42 Å². The number of hydrogen-bond acceptors (Lipinski definition) is 6. The maximum absolute atomic E-state index is 13.1. The van der Waals surface area contributed by atoms with Crippen molar-refractivity contribution in [3.63, 3.8) is 0 Å². The van der Waals surface area contributed by atoms with Crippen molar-refractivity contribution in [2.24, 2.45) is 5.92 Å². The Morgan fingerprint density at radius 1 is 0.824 bits per heavy atom. The molecular formula is C25H33N3O6. The first-order valence-corrected chi connectivity index (χ1v) is 11.2. The van der Waals surface area contributed by atoms with E-state index in [1.54, 1.807) is 19.3 Å². The third kappa shape index (κ3) is 8.49. The number of hydrogen-bond donors (Lipinski definition) is 4. The van der Waals surface area contributed by atoms with Gasteiger partial charge in [0, 0.05) is 0 Å². The van der Waals surface area contributed by atoms with Crippen molar-refractivity contribution >= 4 is 17.9 Å². The quantitative estimate of drug-likeness (QED) is 0.279. The van der Waals surface area contributed by atoms with E-state index >= 15 is 0 Å². The summed E-state index contributed by atoms with van der Waals surface area (Å²) in [4.78, 5) is 37.7. The molecule has 4 N–H and O–H groups in total. The number of amides is 3. The Morgan fingerprint density at radius 3 is 1.91 bits per heavy atom. The highest BCUT2D eigenvalue weighted by atomic mass is 16.5. The molecule has 4 atom stereocenters. The predicted octanol–water partition coefficient (Wildman–Crippen LogP) is 2.92. The molecule has 0 saturated carbocycles. The van der Waals surface area contributed by atoms with Crippen LogP contribution in [0.1, 0.15) is 38.3 Å². The fraction of sp³-hybridized carbons (Fsp3) is 0.400. The Balaban J connectivity index is 2.02. The third-order valence-electron chi connectivity index (χ3n) is 5.50. The van der Waals surface area contributed by atoms with Gasteiger partial charge in [-0.2, -0.15) is 0 Å². The molecule has 184 valence electrons. The molecule has 2 rings (SSSR count). The van der Waals surface area contributed by atoms with E-state index in [1.165, 1.54) is 0 Å². The van der Waals surface area contributed by atoms with Gasteiger partial charge in [-0.05, 0) is 24.0 Å². The van der Waals surface area contributed by atoms with Gasteiger partial charge in [-0.25, -0.2) is 10.3 Å². The Bertz CT molecular complexity index is 909. The Hall–Kier alpha value is -3.43. The second-order valence-corrected chi connectivity index (χ2v) is 8.03. The molecule has 0 aliphatic heterocycles. The minimum Gasteiger partial charge on any atom is -0.445 e. The van der Waals surface area contributed by atoms with Gasteiger partial charge in [-0.15, -0.1) is 0 Å². The third-order valence-corrected chi connectivity index (χ3v) is 5.50. The van der Waals surface area contributed by atoms with Crippen LogP contribution in [0, 0.1) is 5.92 Å². The minimum absolute atomic E-state index is 0.0570. The standard InChI is InChI=1S/C25H33N3O6/c1-4-17(2)21(27-25(31)34-16-20-13-9-6-10-14-20)23(29)26-22(24(30)28-32)18(3)33-15-19-11-7-5-8-12-19/h5-14,17-18,21-22,32H,4,15-16H2,1-3H3,(H,26,29)(H,27,31)(H,28,30). The smallest absolute Gasteiger partial charge is 0.408 e. The van der Waals surface area contributed by atoms with Crippen LogP contribution in [0.25, 0.3) is 0 Å². The first kappa shape index (κ1) is 26.8. The summed E-state index contributed by atoms with van der Waals surface area (Å²) in [6, 6.07) is 16.4. The lowest BCUT2D eigenvalue weighted by molar-refractivity contribution is -0.140. The van der Waals surface area contributed by atoms with Gasteiger partial charge in [0.2, 0.25) is 5.91 Å². The number of carbonyl (C=O) groups is 3. The van der Waals surface area contributed by atoms with Gasteiger partial charge < -0.3 is 20.1 Å². The molecule has 34 heavy (non-hydrogen) atoms. The minimum atomic E-state index is -1.19. The lowest BCUT2D eigenvalue weighted by Gasteiger charge is -2.28. The highest BCUT2D eigenvalue weighted by molar-refractivity contribution is 5.91. The zero-order chi connectivity index (χ0) is 24.9. The zero-order valence-electron chi connectivity index (χ0n) is 19.7. The Kier molecular flexibility index (Phi) is 11.0. The van der Waals surface area contributed by atoms with Gasteiger partial charge in [0.05, 0.1) is 12.7 Å². The largest absolute Gasteiger partial charge is 0.445 e. The van der Waals surface area contributed by atoms with Crippen LogP contribution in [0.2, 0.25) is 0 Å². The summed E-state index contributed by atoms with van der Waals surface area (Å²) in [5, 5.41) is 14.4. The van der Waals surface area contributed by atoms with Gasteiger partial charge in [-0.1, -0.05) is 80.9 Å². The molecule has 2 aromatic rings. The summed E-state index contributed by atoms with van der Waals surface area (Å²) in [5.41, 5.74) is 3.27. The van der Waals surface area contributed by atoms with Crippen molar-refractivity contribution in [2.75, 3.05) is 0 Å². The fourth-order valence-corrected chi connectivity index (χ4v) is 3.20. The highest BCUT2D eigenvalue weighted by Gasteiger charge is 2.33. The van der Waals surface area contributed by atoms with E-state index in [-0.39, 0.29) is 19.1 Å². The molecule has 3 amide bonds. The van der Waals surface area contributed by atoms with Crippen LogP contribution in [-0.4, -0.2) is 41.3 Å². The molecule has 9 heteroatoms. The van der Waals surface area contributed by atoms with E-state index in [0.717, 1.165) is 11.1 Å². The van der Waals surface area contributed by atoms with Crippen molar-refractivity contribution in [3.05, 3.63) is 71.8 Å². The number of hydroxylamine groups is 1. The summed E-state index contributed by atoms with van der Waals surface area (Å²) in [7, 11) is 0. The maximum Gasteiger partial charge on any atom is 0.408 e.